The maximum atomic E-state index is 10.9. The minimum absolute atomic E-state index is 0.559. The second-order valence-electron chi connectivity index (χ2n) is 4.64. The van der Waals surface area contributed by atoms with Gasteiger partial charge >= 0.3 is 6.09 Å². The van der Waals surface area contributed by atoms with E-state index >= 15 is 0 Å². The van der Waals surface area contributed by atoms with Gasteiger partial charge in [0.1, 0.15) is 0 Å². The van der Waals surface area contributed by atoms with E-state index in [0.717, 1.165) is 29.3 Å². The molecular formula is C13H15N3O2S. The van der Waals surface area contributed by atoms with E-state index in [-0.39, 0.29) is 0 Å². The molecule has 1 aliphatic heterocycles. The summed E-state index contributed by atoms with van der Waals surface area (Å²) in [6, 6.07) is 6.28. The Bertz CT molecular complexity index is 617. The van der Waals surface area contributed by atoms with Crippen LogP contribution in [-0.4, -0.2) is 47.3 Å². The quantitative estimate of drug-likeness (QED) is 0.869. The highest BCUT2D eigenvalue weighted by atomic mass is 32.1. The molecule has 1 saturated heterocycles. The first-order valence-corrected chi connectivity index (χ1v) is 7.05. The van der Waals surface area contributed by atoms with Crippen molar-refractivity contribution in [2.24, 2.45) is 0 Å². The maximum absolute atomic E-state index is 10.9. The third-order valence-electron chi connectivity index (χ3n) is 3.39. The number of rotatable bonds is 1. The summed E-state index contributed by atoms with van der Waals surface area (Å²) < 4.78 is 1.20. The second-order valence-corrected chi connectivity index (χ2v) is 5.88. The minimum Gasteiger partial charge on any atom is -0.465 e. The number of anilines is 1. The molecular weight excluding hydrogens is 262 g/mol. The average molecular weight is 277 g/mol. The first kappa shape index (κ1) is 12.2. The summed E-state index contributed by atoms with van der Waals surface area (Å²) >= 11 is 1.70. The lowest BCUT2D eigenvalue weighted by molar-refractivity contribution is 0.142. The number of aryl methyl sites for hydroxylation is 1. The Kier molecular flexibility index (Phi) is 3.02. The zero-order chi connectivity index (χ0) is 13.4. The van der Waals surface area contributed by atoms with Gasteiger partial charge in [-0.15, -0.1) is 11.3 Å². The van der Waals surface area contributed by atoms with Crippen LogP contribution in [0.15, 0.2) is 18.2 Å². The van der Waals surface area contributed by atoms with Crippen LogP contribution in [0.1, 0.15) is 5.01 Å². The number of nitrogens with zero attached hydrogens (tertiary/aromatic N) is 3. The molecule has 1 aromatic heterocycles. The zero-order valence-electron chi connectivity index (χ0n) is 10.7. The monoisotopic (exact) mass is 277 g/mol. The van der Waals surface area contributed by atoms with Crippen LogP contribution in [0.5, 0.6) is 0 Å². The Balaban J connectivity index is 1.79. The van der Waals surface area contributed by atoms with Crippen molar-refractivity contribution >= 4 is 33.3 Å². The largest absolute Gasteiger partial charge is 0.465 e. The lowest BCUT2D eigenvalue weighted by Gasteiger charge is -2.34. The van der Waals surface area contributed by atoms with Crippen LogP contribution in [0.2, 0.25) is 0 Å². The van der Waals surface area contributed by atoms with Gasteiger partial charge in [0, 0.05) is 31.9 Å². The Labute approximate surface area is 115 Å². The van der Waals surface area contributed by atoms with Crippen molar-refractivity contribution in [3.05, 3.63) is 23.2 Å². The summed E-state index contributed by atoms with van der Waals surface area (Å²) in [7, 11) is 0. The molecule has 2 aromatic rings. The first-order chi connectivity index (χ1) is 9.13. The molecule has 1 aliphatic rings. The van der Waals surface area contributed by atoms with Crippen LogP contribution in [0, 0.1) is 6.92 Å². The van der Waals surface area contributed by atoms with Gasteiger partial charge in [-0.25, -0.2) is 9.78 Å². The van der Waals surface area contributed by atoms with Gasteiger partial charge in [-0.3, -0.25) is 0 Å². The van der Waals surface area contributed by atoms with Crippen molar-refractivity contribution in [1.29, 1.82) is 0 Å². The molecule has 0 radical (unpaired) electrons. The predicted molar refractivity (Wildman–Crippen MR) is 76.2 cm³/mol. The van der Waals surface area contributed by atoms with E-state index in [1.807, 2.05) is 6.92 Å². The molecule has 1 aromatic carbocycles. The summed E-state index contributed by atoms with van der Waals surface area (Å²) in [6.07, 6.45) is -0.828. The fraction of sp³-hybridized carbons (Fsp3) is 0.385. The highest BCUT2D eigenvalue weighted by Crippen LogP contribution is 2.26. The Morgan fingerprint density at radius 2 is 2.05 bits per heavy atom. The van der Waals surface area contributed by atoms with E-state index in [9.17, 15) is 4.79 Å². The van der Waals surface area contributed by atoms with Gasteiger partial charge in [0.05, 0.1) is 15.2 Å². The molecule has 1 fully saturated rings. The summed E-state index contributed by atoms with van der Waals surface area (Å²) in [5.41, 5.74) is 2.16. The molecule has 100 valence electrons. The Morgan fingerprint density at radius 3 is 2.74 bits per heavy atom. The molecule has 0 atom stereocenters. The van der Waals surface area contributed by atoms with E-state index in [2.05, 4.69) is 28.1 Å². The third kappa shape index (κ3) is 2.35. The van der Waals surface area contributed by atoms with Crippen LogP contribution < -0.4 is 4.90 Å². The fourth-order valence-corrected chi connectivity index (χ4v) is 3.19. The number of benzene rings is 1. The normalized spacial score (nSPS) is 16.1. The lowest BCUT2D eigenvalue weighted by atomic mass is 10.2. The number of fused-ring (bicyclic) bond motifs is 1. The average Bonchev–Trinajstić information content (AvgIpc) is 2.77. The van der Waals surface area contributed by atoms with E-state index in [0.29, 0.717) is 13.1 Å². The molecule has 0 bridgehead atoms. The summed E-state index contributed by atoms with van der Waals surface area (Å²) in [4.78, 5) is 19.0. The van der Waals surface area contributed by atoms with Gasteiger partial charge in [-0.05, 0) is 25.1 Å². The third-order valence-corrected chi connectivity index (χ3v) is 4.35. The predicted octanol–water partition coefficient (Wildman–Crippen LogP) is 2.40. The van der Waals surface area contributed by atoms with Crippen molar-refractivity contribution in [2.75, 3.05) is 31.1 Å². The van der Waals surface area contributed by atoms with Crippen molar-refractivity contribution in [1.82, 2.24) is 9.88 Å². The number of hydrogen-bond acceptors (Lipinski definition) is 4. The molecule has 0 aliphatic carbocycles. The summed E-state index contributed by atoms with van der Waals surface area (Å²) in [5, 5.41) is 10.0. The molecule has 0 spiro atoms. The van der Waals surface area contributed by atoms with Gasteiger partial charge in [-0.1, -0.05) is 0 Å². The smallest absolute Gasteiger partial charge is 0.407 e. The standard InChI is InChI=1S/C13H15N3O2S/c1-9-14-11-8-10(2-3-12(11)19-9)15-4-6-16(7-5-15)13(17)18/h2-3,8H,4-7H2,1H3,(H,17,18). The van der Waals surface area contributed by atoms with Crippen molar-refractivity contribution in [3.8, 4) is 0 Å². The van der Waals surface area contributed by atoms with Gasteiger partial charge in [0.2, 0.25) is 0 Å². The highest BCUT2D eigenvalue weighted by molar-refractivity contribution is 7.18. The molecule has 0 unspecified atom stereocenters. The fourth-order valence-electron chi connectivity index (χ4n) is 2.38. The van der Waals surface area contributed by atoms with Gasteiger partial charge in [0.15, 0.2) is 0 Å². The van der Waals surface area contributed by atoms with Gasteiger partial charge in [0.25, 0.3) is 0 Å². The number of thiazole rings is 1. The van der Waals surface area contributed by atoms with Crippen molar-refractivity contribution < 1.29 is 9.90 Å². The Hall–Kier alpha value is -1.82. The Morgan fingerprint density at radius 1 is 1.32 bits per heavy atom. The lowest BCUT2D eigenvalue weighted by Crippen LogP contribution is -2.48. The summed E-state index contributed by atoms with van der Waals surface area (Å²) in [6.45, 7) is 4.60. The topological polar surface area (TPSA) is 56.7 Å². The molecule has 1 N–H and O–H groups in total. The molecule has 1 amide bonds. The number of amides is 1. The van der Waals surface area contributed by atoms with Crippen LogP contribution in [0.3, 0.4) is 0 Å². The van der Waals surface area contributed by atoms with Crippen molar-refractivity contribution in [3.63, 3.8) is 0 Å². The summed E-state index contributed by atoms with van der Waals surface area (Å²) in [5.74, 6) is 0. The number of carboxylic acid groups (broad SMARTS) is 1. The maximum Gasteiger partial charge on any atom is 0.407 e. The molecule has 19 heavy (non-hydrogen) atoms. The van der Waals surface area contributed by atoms with E-state index in [1.54, 1.807) is 11.3 Å². The molecule has 3 rings (SSSR count). The first-order valence-electron chi connectivity index (χ1n) is 6.23. The molecule has 5 nitrogen and oxygen atoms in total. The number of aromatic nitrogens is 1. The number of carbonyl (C=O) groups is 1. The number of hydrogen-bond donors (Lipinski definition) is 1. The van der Waals surface area contributed by atoms with E-state index in [4.69, 9.17) is 5.11 Å². The molecule has 6 heteroatoms. The van der Waals surface area contributed by atoms with E-state index in [1.165, 1.54) is 9.60 Å². The highest BCUT2D eigenvalue weighted by Gasteiger charge is 2.20. The SMILES string of the molecule is Cc1nc2cc(N3CCN(C(=O)O)CC3)ccc2s1. The number of piperazine rings is 1. The molecule has 2 heterocycles. The van der Waals surface area contributed by atoms with Crippen LogP contribution >= 0.6 is 11.3 Å². The van der Waals surface area contributed by atoms with E-state index < -0.39 is 6.09 Å². The van der Waals surface area contributed by atoms with Gasteiger partial charge in [-0.2, -0.15) is 0 Å². The van der Waals surface area contributed by atoms with Crippen molar-refractivity contribution in [2.45, 2.75) is 6.92 Å². The van der Waals surface area contributed by atoms with Crippen LogP contribution in [0.4, 0.5) is 10.5 Å². The van der Waals surface area contributed by atoms with Crippen LogP contribution in [-0.2, 0) is 0 Å². The van der Waals surface area contributed by atoms with Gasteiger partial charge < -0.3 is 14.9 Å². The molecule has 0 saturated carbocycles. The minimum atomic E-state index is -0.828. The second kappa shape index (κ2) is 4.70. The zero-order valence-corrected chi connectivity index (χ0v) is 11.5. The van der Waals surface area contributed by atoms with Crippen LogP contribution in [0.25, 0.3) is 10.2 Å².